The van der Waals surface area contributed by atoms with E-state index in [1.165, 1.54) is 6.08 Å². The Bertz CT molecular complexity index is 713. The molecule has 0 unspecified atom stereocenters. The number of rotatable bonds is 4. The molecule has 1 aromatic carbocycles. The molecular weight excluding hydrogens is 286 g/mol. The van der Waals surface area contributed by atoms with Gasteiger partial charge in [-0.2, -0.15) is 0 Å². The van der Waals surface area contributed by atoms with Gasteiger partial charge in [-0.3, -0.25) is 0 Å². The van der Waals surface area contributed by atoms with Crippen LogP contribution in [0.25, 0.3) is 6.08 Å². The standard InChI is InChI=1S/C16H15NO5/c1-10-13(11(2)22-17-10)8-19-16(18)6-4-12-3-5-14-15(7-12)21-9-20-14/h3-7H,8-9H2,1-2H3. The molecule has 0 radical (unpaired) electrons. The zero-order chi connectivity index (χ0) is 15.5. The van der Waals surface area contributed by atoms with Crippen LogP contribution in [0.3, 0.4) is 0 Å². The number of carbonyl (C=O) groups is 1. The average molecular weight is 301 g/mol. The highest BCUT2D eigenvalue weighted by molar-refractivity contribution is 5.87. The molecule has 6 nitrogen and oxygen atoms in total. The Labute approximate surface area is 127 Å². The van der Waals surface area contributed by atoms with Gasteiger partial charge in [0.2, 0.25) is 6.79 Å². The van der Waals surface area contributed by atoms with Crippen molar-refractivity contribution in [2.24, 2.45) is 0 Å². The van der Waals surface area contributed by atoms with Crippen molar-refractivity contribution in [2.45, 2.75) is 20.5 Å². The summed E-state index contributed by atoms with van der Waals surface area (Å²) in [7, 11) is 0. The van der Waals surface area contributed by atoms with E-state index in [1.54, 1.807) is 25.1 Å². The van der Waals surface area contributed by atoms with E-state index in [9.17, 15) is 4.79 Å². The average Bonchev–Trinajstić information content (AvgIpc) is 3.10. The third-order valence-electron chi connectivity index (χ3n) is 3.35. The van der Waals surface area contributed by atoms with Crippen LogP contribution in [-0.2, 0) is 16.1 Å². The lowest BCUT2D eigenvalue weighted by atomic mass is 10.2. The topological polar surface area (TPSA) is 70.8 Å². The fourth-order valence-corrected chi connectivity index (χ4v) is 2.08. The molecule has 114 valence electrons. The number of fused-ring (bicyclic) bond motifs is 1. The van der Waals surface area contributed by atoms with Gasteiger partial charge in [0, 0.05) is 6.08 Å². The summed E-state index contributed by atoms with van der Waals surface area (Å²) in [5.41, 5.74) is 2.36. The Morgan fingerprint density at radius 1 is 1.32 bits per heavy atom. The molecule has 22 heavy (non-hydrogen) atoms. The molecule has 0 saturated heterocycles. The van der Waals surface area contributed by atoms with Crippen molar-refractivity contribution in [3.8, 4) is 11.5 Å². The summed E-state index contributed by atoms with van der Waals surface area (Å²) in [5, 5.41) is 3.81. The summed E-state index contributed by atoms with van der Waals surface area (Å²) in [6, 6.07) is 5.45. The lowest BCUT2D eigenvalue weighted by Crippen LogP contribution is -2.02. The first-order valence-electron chi connectivity index (χ1n) is 6.80. The Hall–Kier alpha value is -2.76. The summed E-state index contributed by atoms with van der Waals surface area (Å²) in [5.74, 6) is 1.60. The van der Waals surface area contributed by atoms with Crippen molar-refractivity contribution in [1.29, 1.82) is 0 Å². The molecule has 1 aliphatic rings. The van der Waals surface area contributed by atoms with E-state index in [-0.39, 0.29) is 13.4 Å². The highest BCUT2D eigenvalue weighted by Gasteiger charge is 2.13. The lowest BCUT2D eigenvalue weighted by Gasteiger charge is -2.01. The van der Waals surface area contributed by atoms with Gasteiger partial charge < -0.3 is 18.7 Å². The van der Waals surface area contributed by atoms with Gasteiger partial charge in [-0.15, -0.1) is 0 Å². The van der Waals surface area contributed by atoms with Crippen LogP contribution in [0.2, 0.25) is 0 Å². The minimum absolute atomic E-state index is 0.144. The zero-order valence-electron chi connectivity index (χ0n) is 12.3. The van der Waals surface area contributed by atoms with Crippen molar-refractivity contribution in [1.82, 2.24) is 5.16 Å². The third kappa shape index (κ3) is 2.95. The van der Waals surface area contributed by atoms with Crippen LogP contribution in [0.5, 0.6) is 11.5 Å². The Morgan fingerprint density at radius 2 is 2.14 bits per heavy atom. The van der Waals surface area contributed by atoms with Gasteiger partial charge in [0.15, 0.2) is 11.5 Å². The molecule has 0 atom stereocenters. The number of hydrogen-bond donors (Lipinski definition) is 0. The molecule has 1 aromatic heterocycles. The SMILES string of the molecule is Cc1noc(C)c1COC(=O)C=Cc1ccc2c(c1)OCO2. The van der Waals surface area contributed by atoms with Gasteiger partial charge in [0.1, 0.15) is 12.4 Å². The number of benzene rings is 1. The number of aryl methyl sites for hydroxylation is 2. The van der Waals surface area contributed by atoms with E-state index < -0.39 is 5.97 Å². The van der Waals surface area contributed by atoms with Crippen LogP contribution < -0.4 is 9.47 Å². The van der Waals surface area contributed by atoms with Gasteiger partial charge in [-0.05, 0) is 37.6 Å². The Balaban J connectivity index is 1.59. The monoisotopic (exact) mass is 301 g/mol. The molecule has 0 N–H and O–H groups in total. The Kier molecular flexibility index (Phi) is 3.82. The smallest absolute Gasteiger partial charge is 0.331 e. The number of ether oxygens (including phenoxy) is 3. The molecule has 0 spiro atoms. The van der Waals surface area contributed by atoms with E-state index in [0.717, 1.165) is 16.8 Å². The summed E-state index contributed by atoms with van der Waals surface area (Å²) in [6.07, 6.45) is 3.04. The van der Waals surface area contributed by atoms with Crippen molar-refractivity contribution in [3.63, 3.8) is 0 Å². The lowest BCUT2D eigenvalue weighted by molar-refractivity contribution is -0.138. The fourth-order valence-electron chi connectivity index (χ4n) is 2.08. The van der Waals surface area contributed by atoms with E-state index in [1.807, 2.05) is 13.0 Å². The highest BCUT2D eigenvalue weighted by atomic mass is 16.7. The maximum Gasteiger partial charge on any atom is 0.331 e. The quantitative estimate of drug-likeness (QED) is 0.639. The van der Waals surface area contributed by atoms with Crippen LogP contribution in [0, 0.1) is 13.8 Å². The van der Waals surface area contributed by atoms with Gasteiger partial charge in [-0.1, -0.05) is 11.2 Å². The van der Waals surface area contributed by atoms with Gasteiger partial charge in [-0.25, -0.2) is 4.79 Å². The van der Waals surface area contributed by atoms with Crippen LogP contribution in [0.1, 0.15) is 22.6 Å². The van der Waals surface area contributed by atoms with Gasteiger partial charge in [0.25, 0.3) is 0 Å². The van der Waals surface area contributed by atoms with Crippen LogP contribution in [-0.4, -0.2) is 17.9 Å². The Morgan fingerprint density at radius 3 is 2.91 bits per heavy atom. The number of hydrogen-bond acceptors (Lipinski definition) is 6. The summed E-state index contributed by atoms with van der Waals surface area (Å²) < 4.78 is 20.7. The maximum absolute atomic E-state index is 11.8. The molecule has 2 heterocycles. The number of nitrogens with zero attached hydrogens (tertiary/aromatic N) is 1. The molecule has 6 heteroatoms. The first-order chi connectivity index (χ1) is 10.6. The second kappa shape index (κ2) is 5.93. The molecule has 1 aliphatic heterocycles. The predicted octanol–water partition coefficient (Wildman–Crippen LogP) is 2.78. The van der Waals surface area contributed by atoms with Crippen molar-refractivity contribution in [3.05, 3.63) is 46.9 Å². The first kappa shape index (κ1) is 14.2. The second-order valence-corrected chi connectivity index (χ2v) is 4.86. The minimum Gasteiger partial charge on any atom is -0.457 e. The van der Waals surface area contributed by atoms with Crippen LogP contribution >= 0.6 is 0 Å². The summed E-state index contributed by atoms with van der Waals surface area (Å²) in [4.78, 5) is 11.8. The number of esters is 1. The molecule has 0 aliphatic carbocycles. The van der Waals surface area contributed by atoms with E-state index in [2.05, 4.69) is 5.16 Å². The molecule has 0 bridgehead atoms. The maximum atomic E-state index is 11.8. The van der Waals surface area contributed by atoms with E-state index in [4.69, 9.17) is 18.7 Å². The van der Waals surface area contributed by atoms with E-state index >= 15 is 0 Å². The molecule has 0 amide bonds. The summed E-state index contributed by atoms with van der Waals surface area (Å²) >= 11 is 0. The largest absolute Gasteiger partial charge is 0.457 e. The zero-order valence-corrected chi connectivity index (χ0v) is 12.3. The van der Waals surface area contributed by atoms with Crippen molar-refractivity contribution in [2.75, 3.05) is 6.79 Å². The van der Waals surface area contributed by atoms with Gasteiger partial charge in [0.05, 0.1) is 11.3 Å². The third-order valence-corrected chi connectivity index (χ3v) is 3.35. The fraction of sp³-hybridized carbons (Fsp3) is 0.250. The first-order valence-corrected chi connectivity index (χ1v) is 6.80. The van der Waals surface area contributed by atoms with E-state index in [0.29, 0.717) is 17.3 Å². The van der Waals surface area contributed by atoms with Crippen LogP contribution in [0.4, 0.5) is 0 Å². The van der Waals surface area contributed by atoms with Crippen LogP contribution in [0.15, 0.2) is 28.8 Å². The summed E-state index contributed by atoms with van der Waals surface area (Å²) in [6.45, 7) is 3.96. The molecule has 0 fully saturated rings. The predicted molar refractivity (Wildman–Crippen MR) is 77.4 cm³/mol. The van der Waals surface area contributed by atoms with Crippen molar-refractivity contribution < 1.29 is 23.5 Å². The highest BCUT2D eigenvalue weighted by Crippen LogP contribution is 2.32. The molecule has 3 rings (SSSR count). The number of aromatic nitrogens is 1. The van der Waals surface area contributed by atoms with Gasteiger partial charge >= 0.3 is 5.97 Å². The molecule has 2 aromatic rings. The number of carbonyl (C=O) groups excluding carboxylic acids is 1. The second-order valence-electron chi connectivity index (χ2n) is 4.86. The normalized spacial score (nSPS) is 12.8. The molecule has 0 saturated carbocycles. The van der Waals surface area contributed by atoms with Crippen molar-refractivity contribution >= 4 is 12.0 Å². The molecular formula is C16H15NO5. The minimum atomic E-state index is -0.433.